The summed E-state index contributed by atoms with van der Waals surface area (Å²) in [7, 11) is 1.58. The number of hydrogen-bond donors (Lipinski definition) is 3. The molecule has 1 saturated heterocycles. The topological polar surface area (TPSA) is 111 Å². The van der Waals surface area contributed by atoms with Crippen LogP contribution in [0.15, 0.2) is 36.4 Å². The first kappa shape index (κ1) is 26.1. The fourth-order valence-corrected chi connectivity index (χ4v) is 4.67. The van der Waals surface area contributed by atoms with E-state index in [0.29, 0.717) is 18.5 Å². The molecule has 0 unspecified atom stereocenters. The quantitative estimate of drug-likeness (QED) is 0.534. The number of hydrogen-bond acceptors (Lipinski definition) is 4. The van der Waals surface area contributed by atoms with Gasteiger partial charge in [0.1, 0.15) is 23.7 Å². The second-order valence-electron chi connectivity index (χ2n) is 10.5. The highest BCUT2D eigenvalue weighted by Gasteiger charge is 2.54. The third-order valence-electron chi connectivity index (χ3n) is 6.45. The Morgan fingerprint density at radius 2 is 1.70 bits per heavy atom. The van der Waals surface area contributed by atoms with Gasteiger partial charge in [-0.2, -0.15) is 0 Å². The van der Waals surface area contributed by atoms with Gasteiger partial charge in [-0.3, -0.25) is 14.9 Å². The minimum atomic E-state index is -0.982. The van der Waals surface area contributed by atoms with Crippen molar-refractivity contribution >= 4 is 29.6 Å². The molecule has 1 spiro atoms. The summed E-state index contributed by atoms with van der Waals surface area (Å²) in [6.45, 7) is 4.76. The molecule has 1 aliphatic heterocycles. The first-order valence-corrected chi connectivity index (χ1v) is 11.8. The van der Waals surface area contributed by atoms with E-state index in [-0.39, 0.29) is 24.6 Å². The van der Waals surface area contributed by atoms with Crippen molar-refractivity contribution in [3.05, 3.63) is 64.7 Å². The molecule has 2 aliphatic rings. The highest BCUT2D eigenvalue weighted by molar-refractivity contribution is 6.07. The van der Waals surface area contributed by atoms with Crippen molar-refractivity contribution in [1.29, 1.82) is 0 Å². The molecule has 3 N–H and O–H groups in total. The van der Waals surface area contributed by atoms with Crippen LogP contribution in [-0.4, -0.2) is 58.3 Å². The standard InChI is InChI=1S/C26H29F2N5O4/c1-25(2,3)31-24(37)33(13-15-7-18(27)10-19(28)8-15)14-21(34)29-20-6-5-16-11-26(12-17(16)9-20)22(35)30-23(36)32(26)4/h5-10H,11-14H2,1-4H3,(H,29,34)(H,31,37)(H,30,35,36)/t26-/m0/s1. The number of fused-ring (bicyclic) bond motifs is 1. The number of imide groups is 1. The van der Waals surface area contributed by atoms with Crippen LogP contribution in [0, 0.1) is 11.6 Å². The SMILES string of the molecule is CN1C(=O)NC(=O)[C@@]12Cc1ccc(NC(=O)CN(Cc3cc(F)cc(F)c3)C(=O)NC(C)(C)C)cc1C2. The van der Waals surface area contributed by atoms with Crippen molar-refractivity contribution in [2.24, 2.45) is 0 Å². The van der Waals surface area contributed by atoms with Gasteiger partial charge in [-0.1, -0.05) is 6.07 Å². The molecule has 196 valence electrons. The molecule has 0 radical (unpaired) electrons. The van der Waals surface area contributed by atoms with Crippen LogP contribution in [0.2, 0.25) is 0 Å². The van der Waals surface area contributed by atoms with E-state index in [9.17, 15) is 28.0 Å². The molecule has 1 heterocycles. The monoisotopic (exact) mass is 513 g/mol. The van der Waals surface area contributed by atoms with Gasteiger partial charge in [-0.15, -0.1) is 0 Å². The van der Waals surface area contributed by atoms with Crippen LogP contribution in [-0.2, 0) is 29.0 Å². The van der Waals surface area contributed by atoms with Crippen LogP contribution in [0.4, 0.5) is 24.1 Å². The summed E-state index contributed by atoms with van der Waals surface area (Å²) >= 11 is 0. The second-order valence-corrected chi connectivity index (χ2v) is 10.5. The molecule has 11 heteroatoms. The molecule has 0 bridgehead atoms. The average Bonchev–Trinajstić information content (AvgIpc) is 3.24. The number of rotatable bonds is 5. The zero-order valence-electron chi connectivity index (χ0n) is 21.1. The van der Waals surface area contributed by atoms with Crippen molar-refractivity contribution in [2.75, 3.05) is 18.9 Å². The Balaban J connectivity index is 1.48. The second kappa shape index (κ2) is 9.45. The lowest BCUT2D eigenvalue weighted by atomic mass is 9.95. The van der Waals surface area contributed by atoms with Gasteiger partial charge >= 0.3 is 12.1 Å². The molecule has 6 amide bonds. The van der Waals surface area contributed by atoms with Crippen molar-refractivity contribution < 1.29 is 28.0 Å². The van der Waals surface area contributed by atoms with Crippen molar-refractivity contribution in [1.82, 2.24) is 20.4 Å². The number of anilines is 1. The highest BCUT2D eigenvalue weighted by Crippen LogP contribution is 2.38. The maximum absolute atomic E-state index is 13.7. The van der Waals surface area contributed by atoms with Crippen LogP contribution >= 0.6 is 0 Å². The number of carbonyl (C=O) groups is 4. The lowest BCUT2D eigenvalue weighted by Crippen LogP contribution is -2.50. The van der Waals surface area contributed by atoms with Crippen molar-refractivity contribution in [3.8, 4) is 0 Å². The predicted octanol–water partition coefficient (Wildman–Crippen LogP) is 2.93. The number of amides is 6. The van der Waals surface area contributed by atoms with E-state index in [0.717, 1.165) is 29.3 Å². The number of halogens is 2. The molecule has 4 rings (SSSR count). The number of nitrogens with one attached hydrogen (secondary N) is 3. The Labute approximate surface area is 213 Å². The summed E-state index contributed by atoms with van der Waals surface area (Å²) in [5, 5.41) is 7.85. The zero-order valence-corrected chi connectivity index (χ0v) is 21.1. The molecule has 1 fully saturated rings. The van der Waals surface area contributed by atoms with Gasteiger partial charge in [0, 0.05) is 43.7 Å². The lowest BCUT2D eigenvalue weighted by Gasteiger charge is -2.28. The Hall–Kier alpha value is -4.02. The van der Waals surface area contributed by atoms with Gasteiger partial charge in [0.15, 0.2) is 0 Å². The third kappa shape index (κ3) is 5.55. The van der Waals surface area contributed by atoms with E-state index in [1.165, 1.54) is 9.80 Å². The zero-order chi connectivity index (χ0) is 27.1. The largest absolute Gasteiger partial charge is 0.333 e. The molecule has 37 heavy (non-hydrogen) atoms. The van der Waals surface area contributed by atoms with E-state index in [1.807, 2.05) is 0 Å². The van der Waals surface area contributed by atoms with E-state index >= 15 is 0 Å². The van der Waals surface area contributed by atoms with Gasteiger partial charge < -0.3 is 20.4 Å². The first-order chi connectivity index (χ1) is 17.3. The molecular formula is C26H29F2N5O4. The maximum atomic E-state index is 13.7. The Bertz CT molecular complexity index is 1270. The fourth-order valence-electron chi connectivity index (χ4n) is 4.67. The summed E-state index contributed by atoms with van der Waals surface area (Å²) in [6, 6.07) is 7.16. The van der Waals surface area contributed by atoms with Gasteiger partial charge in [-0.05, 0) is 61.7 Å². The van der Waals surface area contributed by atoms with Gasteiger partial charge in [0.05, 0.1) is 0 Å². The molecule has 0 aromatic heterocycles. The average molecular weight is 514 g/mol. The highest BCUT2D eigenvalue weighted by atomic mass is 19.1. The van der Waals surface area contributed by atoms with E-state index in [1.54, 1.807) is 46.0 Å². The van der Waals surface area contributed by atoms with E-state index < -0.39 is 40.7 Å². The Kier molecular flexibility index (Phi) is 6.66. The van der Waals surface area contributed by atoms with Crippen LogP contribution in [0.1, 0.15) is 37.5 Å². The molecule has 2 aromatic carbocycles. The van der Waals surface area contributed by atoms with Crippen LogP contribution in [0.25, 0.3) is 0 Å². The molecule has 1 atom stereocenters. The van der Waals surface area contributed by atoms with Gasteiger partial charge in [0.25, 0.3) is 5.91 Å². The molecule has 9 nitrogen and oxygen atoms in total. The number of likely N-dealkylation sites (N-methyl/N-ethyl adjacent to an activating group) is 1. The number of urea groups is 2. The number of carbonyl (C=O) groups excluding carboxylic acids is 4. The van der Waals surface area contributed by atoms with Gasteiger partial charge in [-0.25, -0.2) is 18.4 Å². The van der Waals surface area contributed by atoms with Crippen molar-refractivity contribution in [3.63, 3.8) is 0 Å². The molecule has 0 saturated carbocycles. The van der Waals surface area contributed by atoms with Gasteiger partial charge in [0.2, 0.25) is 5.91 Å². The summed E-state index contributed by atoms with van der Waals surface area (Å²) < 4.78 is 27.4. The summed E-state index contributed by atoms with van der Waals surface area (Å²) in [4.78, 5) is 52.9. The van der Waals surface area contributed by atoms with Crippen LogP contribution < -0.4 is 16.0 Å². The first-order valence-electron chi connectivity index (χ1n) is 11.8. The fraction of sp³-hybridized carbons (Fsp3) is 0.385. The third-order valence-corrected chi connectivity index (χ3v) is 6.45. The summed E-state index contributed by atoms with van der Waals surface area (Å²) in [5.74, 6) is -2.43. The minimum Gasteiger partial charge on any atom is -0.333 e. The van der Waals surface area contributed by atoms with Crippen LogP contribution in [0.5, 0.6) is 0 Å². The lowest BCUT2D eigenvalue weighted by molar-refractivity contribution is -0.125. The van der Waals surface area contributed by atoms with E-state index in [2.05, 4.69) is 16.0 Å². The molecular weight excluding hydrogens is 484 g/mol. The number of nitrogens with zero attached hydrogens (tertiary/aromatic N) is 2. The summed E-state index contributed by atoms with van der Waals surface area (Å²) in [5.41, 5.74) is 0.799. The molecule has 1 aliphatic carbocycles. The Morgan fingerprint density at radius 1 is 1.05 bits per heavy atom. The maximum Gasteiger partial charge on any atom is 0.324 e. The predicted molar refractivity (Wildman–Crippen MR) is 132 cm³/mol. The minimum absolute atomic E-state index is 0.188. The van der Waals surface area contributed by atoms with E-state index in [4.69, 9.17) is 0 Å². The molecule has 2 aromatic rings. The Morgan fingerprint density at radius 3 is 2.30 bits per heavy atom. The summed E-state index contributed by atoms with van der Waals surface area (Å²) in [6.07, 6.45) is 0.681. The number of benzene rings is 2. The normalized spacial score (nSPS) is 18.6. The van der Waals surface area contributed by atoms with Crippen molar-refractivity contribution in [2.45, 2.75) is 51.2 Å². The smallest absolute Gasteiger partial charge is 0.324 e. The van der Waals surface area contributed by atoms with Crippen LogP contribution in [0.3, 0.4) is 0 Å².